The summed E-state index contributed by atoms with van der Waals surface area (Å²) in [6.07, 6.45) is 4.83. The fraction of sp³-hybridized carbons (Fsp3) is 0.292. The van der Waals surface area contributed by atoms with E-state index in [1.807, 2.05) is 16.4 Å². The number of benzene rings is 1. The van der Waals surface area contributed by atoms with Gasteiger partial charge in [0.05, 0.1) is 29.2 Å². The minimum Gasteiger partial charge on any atom is -0.495 e. The molecule has 1 fully saturated rings. The molecule has 5 rings (SSSR count). The Labute approximate surface area is 215 Å². The summed E-state index contributed by atoms with van der Waals surface area (Å²) in [4.78, 5) is 14.3. The second kappa shape index (κ2) is 10.1. The molecule has 1 aliphatic heterocycles. The number of methoxy groups -OCH3 is 2. The molecular formula is C24H23Cl2N5O3S. The van der Waals surface area contributed by atoms with Crippen LogP contribution >= 0.6 is 23.2 Å². The summed E-state index contributed by atoms with van der Waals surface area (Å²) in [5.74, 6) is 1.80. The normalized spacial score (nSPS) is 15.9. The van der Waals surface area contributed by atoms with E-state index in [-0.39, 0.29) is 6.04 Å². The third kappa shape index (κ3) is 4.61. The summed E-state index contributed by atoms with van der Waals surface area (Å²) in [5.41, 5.74) is 2.28. The van der Waals surface area contributed by atoms with Gasteiger partial charge < -0.3 is 14.0 Å². The molecule has 0 radical (unpaired) electrons. The number of pyridine rings is 2. The maximum Gasteiger partial charge on any atom is 0.215 e. The van der Waals surface area contributed by atoms with Crippen LogP contribution in [0.4, 0.5) is 0 Å². The average molecular weight is 532 g/mol. The van der Waals surface area contributed by atoms with Crippen molar-refractivity contribution >= 4 is 45.4 Å². The molecule has 0 bridgehead atoms. The first-order chi connectivity index (χ1) is 17.0. The molecule has 0 N–H and O–H groups in total. The van der Waals surface area contributed by atoms with Gasteiger partial charge in [0.25, 0.3) is 0 Å². The SMILES string of the molecule is COc1ccc2nc(-c3ccncc3Cl)n(C3CCN(S(=O)c4ccc(OC)c(Cl)c4)CC3)c2n1. The molecule has 0 aliphatic carbocycles. The van der Waals surface area contributed by atoms with Crippen molar-refractivity contribution in [3.63, 3.8) is 0 Å². The molecule has 4 aromatic rings. The Kier molecular flexibility index (Phi) is 6.93. The fourth-order valence-corrected chi connectivity index (χ4v) is 6.10. The van der Waals surface area contributed by atoms with Crippen LogP contribution in [0.5, 0.6) is 11.6 Å². The zero-order valence-corrected chi connectivity index (χ0v) is 21.5. The van der Waals surface area contributed by atoms with Crippen LogP contribution in [0.1, 0.15) is 18.9 Å². The van der Waals surface area contributed by atoms with Gasteiger partial charge in [0.15, 0.2) is 5.65 Å². The van der Waals surface area contributed by atoms with Crippen molar-refractivity contribution in [3.8, 4) is 23.0 Å². The third-order valence-electron chi connectivity index (χ3n) is 6.08. The Morgan fingerprint density at radius 1 is 1.00 bits per heavy atom. The zero-order valence-electron chi connectivity index (χ0n) is 19.1. The van der Waals surface area contributed by atoms with Gasteiger partial charge in [-0.15, -0.1) is 0 Å². The van der Waals surface area contributed by atoms with Gasteiger partial charge in [-0.3, -0.25) is 4.98 Å². The molecule has 0 spiro atoms. The highest BCUT2D eigenvalue weighted by Gasteiger charge is 2.29. The number of ether oxygens (including phenoxy) is 2. The first kappa shape index (κ1) is 24.0. The number of halogens is 2. The standard InChI is InChI=1S/C24H23Cl2N5O3S/c1-33-21-5-3-16(13-18(21)25)35(32)30-11-8-15(9-12-30)31-23(17-7-10-27-14-19(17)26)28-20-4-6-22(34-2)29-24(20)31/h3-7,10,13-15H,8-9,11-12H2,1-2H3. The minimum atomic E-state index is -1.33. The Morgan fingerprint density at radius 2 is 1.80 bits per heavy atom. The predicted octanol–water partition coefficient (Wildman–Crippen LogP) is 5.18. The van der Waals surface area contributed by atoms with E-state index in [0.29, 0.717) is 39.7 Å². The Bertz CT molecular complexity index is 1410. The number of hydrogen-bond acceptors (Lipinski definition) is 6. The molecule has 4 heterocycles. The molecule has 1 aliphatic rings. The second-order valence-electron chi connectivity index (χ2n) is 8.06. The molecule has 35 heavy (non-hydrogen) atoms. The third-order valence-corrected chi connectivity index (χ3v) is 8.17. The molecule has 11 heteroatoms. The zero-order chi connectivity index (χ0) is 24.5. The highest BCUT2D eigenvalue weighted by molar-refractivity contribution is 7.82. The van der Waals surface area contributed by atoms with Crippen LogP contribution < -0.4 is 9.47 Å². The maximum atomic E-state index is 13.2. The van der Waals surface area contributed by atoms with E-state index in [4.69, 9.17) is 42.6 Å². The molecule has 0 amide bonds. The number of aromatic nitrogens is 4. The monoisotopic (exact) mass is 531 g/mol. The number of rotatable bonds is 6. The Balaban J connectivity index is 1.45. The van der Waals surface area contributed by atoms with E-state index < -0.39 is 11.0 Å². The molecule has 0 saturated carbocycles. The lowest BCUT2D eigenvalue weighted by atomic mass is 10.1. The van der Waals surface area contributed by atoms with Crippen molar-refractivity contribution in [1.82, 2.24) is 23.8 Å². The first-order valence-corrected chi connectivity index (χ1v) is 12.9. The highest BCUT2D eigenvalue weighted by atomic mass is 35.5. The first-order valence-electron chi connectivity index (χ1n) is 11.0. The molecule has 1 atom stereocenters. The van der Waals surface area contributed by atoms with Gasteiger partial charge in [-0.1, -0.05) is 23.2 Å². The van der Waals surface area contributed by atoms with Crippen molar-refractivity contribution < 1.29 is 13.7 Å². The van der Waals surface area contributed by atoms with Crippen LogP contribution in [0.25, 0.3) is 22.6 Å². The maximum absolute atomic E-state index is 13.2. The molecule has 8 nitrogen and oxygen atoms in total. The number of piperidine rings is 1. The van der Waals surface area contributed by atoms with E-state index >= 15 is 0 Å². The minimum absolute atomic E-state index is 0.0894. The summed E-state index contributed by atoms with van der Waals surface area (Å²) in [5, 5.41) is 0.961. The van der Waals surface area contributed by atoms with Gasteiger partial charge in [0, 0.05) is 43.2 Å². The van der Waals surface area contributed by atoms with E-state index in [2.05, 4.69) is 9.55 Å². The lowest BCUT2D eigenvalue weighted by Gasteiger charge is -2.32. The summed E-state index contributed by atoms with van der Waals surface area (Å²) < 4.78 is 27.9. The number of nitrogens with zero attached hydrogens (tertiary/aromatic N) is 5. The van der Waals surface area contributed by atoms with Gasteiger partial charge in [-0.25, -0.2) is 13.5 Å². The van der Waals surface area contributed by atoms with Crippen molar-refractivity contribution in [1.29, 1.82) is 0 Å². The van der Waals surface area contributed by atoms with Gasteiger partial charge in [-0.05, 0) is 43.2 Å². The van der Waals surface area contributed by atoms with E-state index in [0.717, 1.165) is 35.4 Å². The Hall–Kier alpha value is -2.72. The molecule has 3 aromatic heterocycles. The molecular weight excluding hydrogens is 509 g/mol. The van der Waals surface area contributed by atoms with Crippen molar-refractivity contribution in [2.75, 3.05) is 27.3 Å². The van der Waals surface area contributed by atoms with Gasteiger partial charge in [0.2, 0.25) is 5.88 Å². The topological polar surface area (TPSA) is 82.4 Å². The van der Waals surface area contributed by atoms with Crippen LogP contribution in [0.2, 0.25) is 10.0 Å². The smallest absolute Gasteiger partial charge is 0.215 e. The predicted molar refractivity (Wildman–Crippen MR) is 137 cm³/mol. The van der Waals surface area contributed by atoms with Crippen LogP contribution in [0.15, 0.2) is 53.7 Å². The van der Waals surface area contributed by atoms with Crippen molar-refractivity contribution in [2.24, 2.45) is 0 Å². The second-order valence-corrected chi connectivity index (χ2v) is 10.4. The van der Waals surface area contributed by atoms with Crippen molar-refractivity contribution in [3.05, 3.63) is 58.8 Å². The summed E-state index contributed by atoms with van der Waals surface area (Å²) >= 11 is 12.7. The van der Waals surface area contributed by atoms with E-state index in [1.165, 1.54) is 0 Å². The summed E-state index contributed by atoms with van der Waals surface area (Å²) in [7, 11) is 1.82. The Morgan fingerprint density at radius 3 is 2.49 bits per heavy atom. The van der Waals surface area contributed by atoms with Crippen LogP contribution in [0.3, 0.4) is 0 Å². The molecule has 1 saturated heterocycles. The quantitative estimate of drug-likeness (QED) is 0.341. The van der Waals surface area contributed by atoms with Gasteiger partial charge in [-0.2, -0.15) is 4.98 Å². The average Bonchev–Trinajstić information content (AvgIpc) is 3.27. The van der Waals surface area contributed by atoms with Gasteiger partial charge >= 0.3 is 0 Å². The number of imidazole rings is 1. The molecule has 1 unspecified atom stereocenters. The van der Waals surface area contributed by atoms with Crippen LogP contribution in [-0.4, -0.2) is 55.3 Å². The lowest BCUT2D eigenvalue weighted by molar-refractivity contribution is 0.287. The highest BCUT2D eigenvalue weighted by Crippen LogP contribution is 2.36. The van der Waals surface area contributed by atoms with Crippen LogP contribution in [0, 0.1) is 0 Å². The molecule has 182 valence electrons. The van der Waals surface area contributed by atoms with E-state index in [1.54, 1.807) is 50.9 Å². The summed E-state index contributed by atoms with van der Waals surface area (Å²) in [6, 6.07) is 10.9. The largest absolute Gasteiger partial charge is 0.495 e. The molecule has 1 aromatic carbocycles. The van der Waals surface area contributed by atoms with Crippen molar-refractivity contribution in [2.45, 2.75) is 23.8 Å². The number of fused-ring (bicyclic) bond motifs is 1. The van der Waals surface area contributed by atoms with Crippen LogP contribution in [-0.2, 0) is 11.0 Å². The number of hydrogen-bond donors (Lipinski definition) is 0. The fourth-order valence-electron chi connectivity index (χ4n) is 4.33. The van der Waals surface area contributed by atoms with E-state index in [9.17, 15) is 4.21 Å². The lowest BCUT2D eigenvalue weighted by Crippen LogP contribution is -2.36. The summed E-state index contributed by atoms with van der Waals surface area (Å²) in [6.45, 7) is 1.27. The van der Waals surface area contributed by atoms with Gasteiger partial charge in [0.1, 0.15) is 28.1 Å².